The zero-order chi connectivity index (χ0) is 10.4. The van der Waals surface area contributed by atoms with Crippen LogP contribution in [0.25, 0.3) is 0 Å². The van der Waals surface area contributed by atoms with Gasteiger partial charge in [-0.1, -0.05) is 36.8 Å². The molecule has 78 valence electrons. The lowest BCUT2D eigenvalue weighted by atomic mass is 10.1. The summed E-state index contributed by atoms with van der Waals surface area (Å²) in [5.41, 5.74) is 8.51. The molecule has 0 radical (unpaired) electrons. The van der Waals surface area contributed by atoms with Crippen molar-refractivity contribution >= 4 is 0 Å². The fourth-order valence-corrected chi connectivity index (χ4v) is 1.37. The van der Waals surface area contributed by atoms with Gasteiger partial charge in [0.15, 0.2) is 0 Å². The van der Waals surface area contributed by atoms with Gasteiger partial charge in [0.25, 0.3) is 0 Å². The largest absolute Gasteiger partial charge is 0.323 e. The molecular formula is C12H20N2. The maximum absolute atomic E-state index is 6.02. The van der Waals surface area contributed by atoms with E-state index in [2.05, 4.69) is 43.4 Å². The van der Waals surface area contributed by atoms with Crippen LogP contribution in [-0.2, 0) is 0 Å². The molecule has 0 saturated heterocycles. The number of nitrogens with one attached hydrogen (secondary N) is 1. The maximum Gasteiger partial charge on any atom is 0.0421 e. The molecule has 0 spiro atoms. The summed E-state index contributed by atoms with van der Waals surface area (Å²) >= 11 is 0. The highest BCUT2D eigenvalue weighted by Crippen LogP contribution is 2.10. The minimum atomic E-state index is 0.113. The average molecular weight is 192 g/mol. The number of rotatable bonds is 5. The molecule has 14 heavy (non-hydrogen) atoms. The number of aryl methyl sites for hydroxylation is 1. The van der Waals surface area contributed by atoms with Gasteiger partial charge in [-0.3, -0.25) is 0 Å². The Bertz CT molecular complexity index is 254. The second-order valence-corrected chi connectivity index (χ2v) is 3.72. The second-order valence-electron chi connectivity index (χ2n) is 3.72. The summed E-state index contributed by atoms with van der Waals surface area (Å²) in [6.45, 7) is 6.14. The molecule has 1 rings (SSSR count). The van der Waals surface area contributed by atoms with Gasteiger partial charge < -0.3 is 11.1 Å². The number of hydrogen-bond donors (Lipinski definition) is 2. The molecule has 1 atom stereocenters. The highest BCUT2D eigenvalue weighted by molar-refractivity contribution is 5.23. The molecule has 2 nitrogen and oxygen atoms in total. The third-order valence-electron chi connectivity index (χ3n) is 2.30. The summed E-state index contributed by atoms with van der Waals surface area (Å²) < 4.78 is 0. The minimum absolute atomic E-state index is 0.113. The predicted octanol–water partition coefficient (Wildman–Crippen LogP) is 1.99. The molecule has 0 bridgehead atoms. The first kappa shape index (κ1) is 11.2. The van der Waals surface area contributed by atoms with Crippen molar-refractivity contribution < 1.29 is 0 Å². The molecule has 3 N–H and O–H groups in total. The van der Waals surface area contributed by atoms with E-state index in [9.17, 15) is 0 Å². The van der Waals surface area contributed by atoms with Crippen LogP contribution >= 0.6 is 0 Å². The lowest BCUT2D eigenvalue weighted by molar-refractivity contribution is 0.593. The van der Waals surface area contributed by atoms with Crippen molar-refractivity contribution in [3.05, 3.63) is 35.4 Å². The van der Waals surface area contributed by atoms with Crippen LogP contribution in [0, 0.1) is 6.92 Å². The van der Waals surface area contributed by atoms with Crippen molar-refractivity contribution in [3.63, 3.8) is 0 Å². The van der Waals surface area contributed by atoms with E-state index in [-0.39, 0.29) is 6.04 Å². The number of benzene rings is 1. The highest BCUT2D eigenvalue weighted by Gasteiger charge is 2.03. The molecule has 0 aliphatic carbocycles. The number of nitrogens with two attached hydrogens (primary N) is 1. The quantitative estimate of drug-likeness (QED) is 0.700. The Hall–Kier alpha value is -0.860. The smallest absolute Gasteiger partial charge is 0.0421 e. The minimum Gasteiger partial charge on any atom is -0.323 e. The Morgan fingerprint density at radius 3 is 2.50 bits per heavy atom. The molecule has 1 unspecified atom stereocenters. The van der Waals surface area contributed by atoms with Crippen LogP contribution in [0.1, 0.15) is 30.5 Å². The fourth-order valence-electron chi connectivity index (χ4n) is 1.37. The van der Waals surface area contributed by atoms with Gasteiger partial charge in [0, 0.05) is 12.6 Å². The standard InChI is InChI=1S/C12H20N2/c1-3-8-14-9-12(13)11-6-4-10(2)5-7-11/h4-7,12,14H,3,8-9,13H2,1-2H3. The van der Waals surface area contributed by atoms with Crippen molar-refractivity contribution in [1.82, 2.24) is 5.32 Å². The van der Waals surface area contributed by atoms with E-state index in [0.717, 1.165) is 19.5 Å². The van der Waals surface area contributed by atoms with E-state index in [1.165, 1.54) is 11.1 Å². The lowest BCUT2D eigenvalue weighted by Crippen LogP contribution is -2.27. The van der Waals surface area contributed by atoms with E-state index >= 15 is 0 Å². The van der Waals surface area contributed by atoms with Gasteiger partial charge in [-0.05, 0) is 25.5 Å². The molecule has 0 heterocycles. The Morgan fingerprint density at radius 2 is 1.93 bits per heavy atom. The predicted molar refractivity (Wildman–Crippen MR) is 61.3 cm³/mol. The van der Waals surface area contributed by atoms with Gasteiger partial charge >= 0.3 is 0 Å². The Morgan fingerprint density at radius 1 is 1.29 bits per heavy atom. The van der Waals surface area contributed by atoms with Gasteiger partial charge in [0.2, 0.25) is 0 Å². The summed E-state index contributed by atoms with van der Waals surface area (Å²) in [5, 5.41) is 3.32. The summed E-state index contributed by atoms with van der Waals surface area (Å²) in [5.74, 6) is 0. The topological polar surface area (TPSA) is 38.0 Å². The molecule has 0 fully saturated rings. The summed E-state index contributed by atoms with van der Waals surface area (Å²) in [7, 11) is 0. The van der Waals surface area contributed by atoms with Crippen LogP contribution in [0.5, 0.6) is 0 Å². The van der Waals surface area contributed by atoms with Gasteiger partial charge in [0.1, 0.15) is 0 Å². The van der Waals surface area contributed by atoms with E-state index in [1.807, 2.05) is 0 Å². The Balaban J connectivity index is 2.43. The Kier molecular flexibility index (Phi) is 4.63. The molecule has 0 aliphatic heterocycles. The van der Waals surface area contributed by atoms with Crippen LogP contribution < -0.4 is 11.1 Å². The zero-order valence-corrected chi connectivity index (χ0v) is 9.09. The lowest BCUT2D eigenvalue weighted by Gasteiger charge is -2.12. The molecule has 2 heteroatoms. The highest BCUT2D eigenvalue weighted by atomic mass is 14.9. The summed E-state index contributed by atoms with van der Waals surface area (Å²) in [6.07, 6.45) is 1.15. The normalized spacial score (nSPS) is 12.8. The number of hydrogen-bond acceptors (Lipinski definition) is 2. The third-order valence-corrected chi connectivity index (χ3v) is 2.30. The molecule has 0 aromatic heterocycles. The van der Waals surface area contributed by atoms with Crippen molar-refractivity contribution in [3.8, 4) is 0 Å². The third kappa shape index (κ3) is 3.48. The summed E-state index contributed by atoms with van der Waals surface area (Å²) in [6, 6.07) is 8.54. The van der Waals surface area contributed by atoms with E-state index in [0.29, 0.717) is 0 Å². The second kappa shape index (κ2) is 5.78. The first-order chi connectivity index (χ1) is 6.74. The van der Waals surface area contributed by atoms with E-state index in [4.69, 9.17) is 5.73 Å². The van der Waals surface area contributed by atoms with Crippen molar-refractivity contribution in [2.45, 2.75) is 26.3 Å². The molecule has 1 aromatic rings. The van der Waals surface area contributed by atoms with Crippen LogP contribution in [0.2, 0.25) is 0 Å². The van der Waals surface area contributed by atoms with E-state index < -0.39 is 0 Å². The molecular weight excluding hydrogens is 172 g/mol. The van der Waals surface area contributed by atoms with Crippen LogP contribution in [0.3, 0.4) is 0 Å². The average Bonchev–Trinajstić information content (AvgIpc) is 2.19. The van der Waals surface area contributed by atoms with E-state index in [1.54, 1.807) is 0 Å². The van der Waals surface area contributed by atoms with Crippen LogP contribution in [0.15, 0.2) is 24.3 Å². The van der Waals surface area contributed by atoms with Gasteiger partial charge in [-0.15, -0.1) is 0 Å². The van der Waals surface area contributed by atoms with Crippen LogP contribution in [-0.4, -0.2) is 13.1 Å². The molecule has 0 aliphatic rings. The summed E-state index contributed by atoms with van der Waals surface area (Å²) in [4.78, 5) is 0. The molecule has 0 saturated carbocycles. The Labute approximate surface area is 86.5 Å². The van der Waals surface area contributed by atoms with Gasteiger partial charge in [-0.2, -0.15) is 0 Å². The molecule has 1 aromatic carbocycles. The first-order valence-corrected chi connectivity index (χ1v) is 5.27. The van der Waals surface area contributed by atoms with Crippen LogP contribution in [0.4, 0.5) is 0 Å². The SMILES string of the molecule is CCCNCC(N)c1ccc(C)cc1. The molecule has 0 amide bonds. The monoisotopic (exact) mass is 192 g/mol. The fraction of sp³-hybridized carbons (Fsp3) is 0.500. The zero-order valence-electron chi connectivity index (χ0n) is 9.09. The van der Waals surface area contributed by atoms with Crippen molar-refractivity contribution in [2.24, 2.45) is 5.73 Å². The van der Waals surface area contributed by atoms with Crippen molar-refractivity contribution in [1.29, 1.82) is 0 Å². The first-order valence-electron chi connectivity index (χ1n) is 5.27. The van der Waals surface area contributed by atoms with Gasteiger partial charge in [-0.25, -0.2) is 0 Å². The van der Waals surface area contributed by atoms with Crippen molar-refractivity contribution in [2.75, 3.05) is 13.1 Å². The van der Waals surface area contributed by atoms with Gasteiger partial charge in [0.05, 0.1) is 0 Å². The maximum atomic E-state index is 6.02.